The summed E-state index contributed by atoms with van der Waals surface area (Å²) in [6.45, 7) is 2.82. The predicted octanol–water partition coefficient (Wildman–Crippen LogP) is 3.28. The molecule has 0 saturated carbocycles. The van der Waals surface area contributed by atoms with Crippen LogP contribution >= 0.6 is 0 Å². The zero-order valence-corrected chi connectivity index (χ0v) is 16.5. The average molecular weight is 391 g/mol. The van der Waals surface area contributed by atoms with Crippen molar-refractivity contribution < 1.29 is 9.47 Å². The van der Waals surface area contributed by atoms with Crippen LogP contribution in [0.15, 0.2) is 66.2 Å². The summed E-state index contributed by atoms with van der Waals surface area (Å²) in [5, 5.41) is 6.67. The molecular formula is C22H25N5O2. The third-order valence-electron chi connectivity index (χ3n) is 4.61. The Morgan fingerprint density at radius 2 is 1.97 bits per heavy atom. The van der Waals surface area contributed by atoms with Crippen LogP contribution in [0, 0.1) is 0 Å². The van der Waals surface area contributed by atoms with E-state index >= 15 is 0 Å². The molecule has 2 N–H and O–H groups in total. The fraction of sp³-hybridized carbons (Fsp3) is 0.273. The van der Waals surface area contributed by atoms with Crippen molar-refractivity contribution in [1.82, 2.24) is 14.9 Å². The van der Waals surface area contributed by atoms with Crippen LogP contribution in [0.3, 0.4) is 0 Å². The van der Waals surface area contributed by atoms with E-state index in [0.29, 0.717) is 25.7 Å². The number of benzene rings is 2. The molecule has 0 aliphatic carbocycles. The van der Waals surface area contributed by atoms with E-state index in [1.54, 1.807) is 13.2 Å². The Labute approximate surface area is 170 Å². The number of rotatable bonds is 5. The molecule has 0 amide bonds. The van der Waals surface area contributed by atoms with Crippen LogP contribution in [0.5, 0.6) is 11.5 Å². The summed E-state index contributed by atoms with van der Waals surface area (Å²) in [6, 6.07) is 14.3. The summed E-state index contributed by atoms with van der Waals surface area (Å²) < 4.78 is 13.5. The minimum Gasteiger partial charge on any atom is -0.490 e. The molecule has 29 heavy (non-hydrogen) atoms. The lowest BCUT2D eigenvalue weighted by Gasteiger charge is -2.14. The van der Waals surface area contributed by atoms with Gasteiger partial charge in [0, 0.05) is 50.7 Å². The van der Waals surface area contributed by atoms with Crippen molar-refractivity contribution in [2.45, 2.75) is 19.5 Å². The van der Waals surface area contributed by atoms with Gasteiger partial charge in [-0.3, -0.25) is 4.99 Å². The standard InChI is InChI=1S/C22H25N5O2/c1-23-22(26-19-6-7-20-21(13-19)29-11-3-10-28-20)25-14-17-4-2-5-18(12-17)15-27-9-8-24-16-27/h2,4-9,12-13,16H,3,10-11,14-15H2,1H3,(H2,23,25,26). The van der Waals surface area contributed by atoms with Crippen molar-refractivity contribution in [2.75, 3.05) is 25.6 Å². The second-order valence-corrected chi connectivity index (χ2v) is 6.82. The Hall–Kier alpha value is -3.48. The van der Waals surface area contributed by atoms with Crippen molar-refractivity contribution in [2.24, 2.45) is 4.99 Å². The molecule has 1 aliphatic rings. The lowest BCUT2D eigenvalue weighted by molar-refractivity contribution is 0.297. The van der Waals surface area contributed by atoms with Crippen LogP contribution < -0.4 is 20.1 Å². The maximum absolute atomic E-state index is 5.76. The van der Waals surface area contributed by atoms with Crippen LogP contribution in [0.2, 0.25) is 0 Å². The van der Waals surface area contributed by atoms with Gasteiger partial charge in [-0.2, -0.15) is 0 Å². The van der Waals surface area contributed by atoms with Crippen LogP contribution in [-0.4, -0.2) is 35.8 Å². The number of hydrogen-bond donors (Lipinski definition) is 2. The topological polar surface area (TPSA) is 72.7 Å². The SMILES string of the molecule is CN=C(NCc1cccc(Cn2ccnc2)c1)Nc1ccc2c(c1)OCCCO2. The maximum Gasteiger partial charge on any atom is 0.195 e. The number of nitrogens with zero attached hydrogens (tertiary/aromatic N) is 3. The van der Waals surface area contributed by atoms with Gasteiger partial charge < -0.3 is 24.7 Å². The van der Waals surface area contributed by atoms with Gasteiger partial charge in [0.25, 0.3) is 0 Å². The van der Waals surface area contributed by atoms with Crippen molar-refractivity contribution in [3.05, 3.63) is 72.3 Å². The number of guanidine groups is 1. The van der Waals surface area contributed by atoms with E-state index in [9.17, 15) is 0 Å². The molecule has 4 rings (SSSR count). The van der Waals surface area contributed by atoms with Gasteiger partial charge in [-0.1, -0.05) is 24.3 Å². The molecule has 150 valence electrons. The van der Waals surface area contributed by atoms with E-state index in [-0.39, 0.29) is 0 Å². The highest BCUT2D eigenvalue weighted by molar-refractivity contribution is 5.93. The van der Waals surface area contributed by atoms with Crippen molar-refractivity contribution in [1.29, 1.82) is 0 Å². The van der Waals surface area contributed by atoms with E-state index in [2.05, 4.69) is 49.4 Å². The lowest BCUT2D eigenvalue weighted by atomic mass is 10.1. The molecule has 2 aromatic carbocycles. The summed E-state index contributed by atoms with van der Waals surface area (Å²) in [7, 11) is 1.76. The van der Waals surface area contributed by atoms with Crippen LogP contribution in [0.1, 0.15) is 17.5 Å². The minimum atomic E-state index is 0.666. The molecule has 7 heteroatoms. The molecule has 0 saturated heterocycles. The molecule has 0 atom stereocenters. The van der Waals surface area contributed by atoms with Crippen molar-refractivity contribution in [3.8, 4) is 11.5 Å². The highest BCUT2D eigenvalue weighted by atomic mass is 16.5. The van der Waals surface area contributed by atoms with Crippen molar-refractivity contribution >= 4 is 11.6 Å². The number of aliphatic imine (C=N–C) groups is 1. The number of imidazole rings is 1. The number of aromatic nitrogens is 2. The van der Waals surface area contributed by atoms with E-state index < -0.39 is 0 Å². The van der Waals surface area contributed by atoms with Crippen LogP contribution in [0.4, 0.5) is 5.69 Å². The Balaban J connectivity index is 1.37. The van der Waals surface area contributed by atoms with E-state index in [1.807, 2.05) is 30.7 Å². The van der Waals surface area contributed by atoms with Gasteiger partial charge in [0.15, 0.2) is 17.5 Å². The molecule has 1 aliphatic heterocycles. The molecule has 2 heterocycles. The maximum atomic E-state index is 5.76. The van der Waals surface area contributed by atoms with E-state index in [1.165, 1.54) is 11.1 Å². The summed E-state index contributed by atoms with van der Waals surface area (Å²) in [5.74, 6) is 2.24. The molecule has 0 bridgehead atoms. The first-order valence-corrected chi connectivity index (χ1v) is 9.71. The lowest BCUT2D eigenvalue weighted by Crippen LogP contribution is -2.30. The van der Waals surface area contributed by atoms with Gasteiger partial charge in [-0.15, -0.1) is 0 Å². The van der Waals surface area contributed by atoms with Gasteiger partial charge in [0.2, 0.25) is 0 Å². The number of hydrogen-bond acceptors (Lipinski definition) is 4. The van der Waals surface area contributed by atoms with E-state index in [0.717, 1.165) is 30.2 Å². The monoisotopic (exact) mass is 391 g/mol. The Bertz CT molecular complexity index is 969. The van der Waals surface area contributed by atoms with Crippen LogP contribution in [-0.2, 0) is 13.1 Å². The fourth-order valence-corrected chi connectivity index (χ4v) is 3.17. The van der Waals surface area contributed by atoms with Gasteiger partial charge in [0.1, 0.15) is 0 Å². The molecule has 7 nitrogen and oxygen atoms in total. The largest absolute Gasteiger partial charge is 0.490 e. The fourth-order valence-electron chi connectivity index (χ4n) is 3.17. The molecule has 0 spiro atoms. The molecule has 1 aromatic heterocycles. The van der Waals surface area contributed by atoms with Crippen molar-refractivity contribution in [3.63, 3.8) is 0 Å². The predicted molar refractivity (Wildman–Crippen MR) is 114 cm³/mol. The molecule has 0 radical (unpaired) electrons. The molecule has 0 unspecified atom stereocenters. The summed E-state index contributed by atoms with van der Waals surface area (Å²) in [4.78, 5) is 8.42. The smallest absolute Gasteiger partial charge is 0.195 e. The van der Waals surface area contributed by atoms with Gasteiger partial charge in [-0.05, 0) is 23.3 Å². The van der Waals surface area contributed by atoms with Gasteiger partial charge in [0.05, 0.1) is 19.5 Å². The summed E-state index contributed by atoms with van der Waals surface area (Å²) >= 11 is 0. The minimum absolute atomic E-state index is 0.666. The zero-order valence-electron chi connectivity index (χ0n) is 16.5. The number of fused-ring (bicyclic) bond motifs is 1. The number of ether oxygens (including phenoxy) is 2. The second kappa shape index (κ2) is 9.14. The first kappa shape index (κ1) is 18.9. The Morgan fingerprint density at radius 1 is 1.10 bits per heavy atom. The van der Waals surface area contributed by atoms with Crippen LogP contribution in [0.25, 0.3) is 0 Å². The van der Waals surface area contributed by atoms with E-state index in [4.69, 9.17) is 9.47 Å². The number of anilines is 1. The second-order valence-electron chi connectivity index (χ2n) is 6.82. The highest BCUT2D eigenvalue weighted by Gasteiger charge is 2.11. The first-order chi connectivity index (χ1) is 14.3. The average Bonchev–Trinajstić information content (AvgIpc) is 3.14. The normalized spacial score (nSPS) is 13.6. The zero-order chi connectivity index (χ0) is 19.9. The summed E-state index contributed by atoms with van der Waals surface area (Å²) in [6.07, 6.45) is 6.47. The number of nitrogens with one attached hydrogen (secondary N) is 2. The third-order valence-corrected chi connectivity index (χ3v) is 4.61. The van der Waals surface area contributed by atoms with Gasteiger partial charge >= 0.3 is 0 Å². The molecular weight excluding hydrogens is 366 g/mol. The Morgan fingerprint density at radius 3 is 2.79 bits per heavy atom. The molecule has 3 aromatic rings. The van der Waals surface area contributed by atoms with Gasteiger partial charge in [-0.25, -0.2) is 4.98 Å². The first-order valence-electron chi connectivity index (χ1n) is 9.71. The molecule has 0 fully saturated rings. The highest BCUT2D eigenvalue weighted by Crippen LogP contribution is 2.32. The quantitative estimate of drug-likeness (QED) is 0.516. The Kier molecular flexibility index (Phi) is 5.95. The summed E-state index contributed by atoms with van der Waals surface area (Å²) in [5.41, 5.74) is 3.31. The third kappa shape index (κ3) is 5.07.